The minimum atomic E-state index is -1.50. The molecule has 2 aliphatic carbocycles. The maximum atomic E-state index is 8.08. The molecule has 1 unspecified atom stereocenters. The Labute approximate surface area is 196 Å². The Balaban J connectivity index is 0.000000245. The molecule has 4 rings (SSSR count). The number of allylic oxidation sites excluding steroid dienone is 6. The topological polar surface area (TPSA) is 40.5 Å². The monoisotopic (exact) mass is 477 g/mol. The summed E-state index contributed by atoms with van der Waals surface area (Å²) in [4.78, 5) is 0. The molecule has 0 saturated heterocycles. The second-order valence-electron chi connectivity index (χ2n) is 8.17. The molecule has 2 aromatic rings. The number of hydrogen-bond acceptors (Lipinski definition) is 2. The predicted octanol–water partition coefficient (Wildman–Crippen LogP) is 6.49. The van der Waals surface area contributed by atoms with E-state index in [1.807, 2.05) is 13.8 Å². The molecular formula is C27H31O2Zr. The van der Waals surface area contributed by atoms with Crippen molar-refractivity contribution in [2.24, 2.45) is 0 Å². The Hall–Kier alpha value is -1.80. The van der Waals surface area contributed by atoms with Crippen molar-refractivity contribution in [3.63, 3.8) is 0 Å². The fourth-order valence-electron chi connectivity index (χ4n) is 3.19. The molecular weight excluding hydrogens is 448 g/mol. The van der Waals surface area contributed by atoms with Gasteiger partial charge >= 0.3 is 129 Å². The summed E-state index contributed by atoms with van der Waals surface area (Å²) in [5.74, 6) is -1.50. The molecule has 3 heteroatoms. The van der Waals surface area contributed by atoms with Crippen LogP contribution in [0.5, 0.6) is 0 Å². The molecule has 0 spiro atoms. The van der Waals surface area contributed by atoms with Crippen molar-refractivity contribution in [1.29, 1.82) is 0 Å². The zero-order valence-corrected chi connectivity index (χ0v) is 20.8. The number of hydrogen-bond donors (Lipinski definition) is 2. The summed E-state index contributed by atoms with van der Waals surface area (Å²) in [7, 11) is 0. The van der Waals surface area contributed by atoms with Crippen molar-refractivity contribution < 1.29 is 34.9 Å². The molecule has 155 valence electrons. The van der Waals surface area contributed by atoms with Crippen LogP contribution in [-0.4, -0.2) is 16.0 Å². The Morgan fingerprint density at radius 3 is 2.00 bits per heavy atom. The van der Waals surface area contributed by atoms with E-state index in [9.17, 15) is 0 Å². The van der Waals surface area contributed by atoms with Crippen molar-refractivity contribution in [2.45, 2.75) is 43.5 Å². The van der Waals surface area contributed by atoms with Gasteiger partial charge in [-0.05, 0) is 27.7 Å². The van der Waals surface area contributed by atoms with Crippen LogP contribution in [-0.2, 0) is 24.7 Å². The first-order chi connectivity index (χ1) is 14.0. The van der Waals surface area contributed by atoms with E-state index >= 15 is 0 Å². The van der Waals surface area contributed by atoms with E-state index in [1.165, 1.54) is 41.7 Å². The number of aliphatic hydroxyl groups is 2. The van der Waals surface area contributed by atoms with Gasteiger partial charge in [0.05, 0.1) is 0 Å². The Kier molecular flexibility index (Phi) is 8.55. The van der Waals surface area contributed by atoms with E-state index in [0.29, 0.717) is 3.63 Å². The molecule has 0 bridgehead atoms. The normalized spacial score (nSPS) is 15.6. The van der Waals surface area contributed by atoms with Crippen molar-refractivity contribution in [2.75, 3.05) is 0 Å². The van der Waals surface area contributed by atoms with Crippen LogP contribution < -0.4 is 0 Å². The first kappa shape index (κ1) is 24.5. The Bertz CT molecular complexity index is 972. The van der Waals surface area contributed by atoms with Gasteiger partial charge in [-0.3, -0.25) is 0 Å². The molecule has 2 N–H and O–H groups in total. The number of fused-ring (bicyclic) bond motifs is 3. The quantitative estimate of drug-likeness (QED) is 0.382. The zero-order valence-electron chi connectivity index (χ0n) is 18.4. The SMILES string of the molecule is C=C(C)C(=C)C.CC(C)(O)O.[Zr][CH]1c2ccccc2-c2cccc(C3=CC=CC3)c21. The van der Waals surface area contributed by atoms with E-state index in [1.54, 1.807) is 30.3 Å². The van der Waals surface area contributed by atoms with Gasteiger partial charge in [0, 0.05) is 0 Å². The van der Waals surface area contributed by atoms with E-state index in [0.717, 1.165) is 17.6 Å². The third-order valence-corrected chi connectivity index (χ3v) is 6.28. The fourth-order valence-corrected chi connectivity index (χ4v) is 4.57. The van der Waals surface area contributed by atoms with Crippen LogP contribution in [0.2, 0.25) is 0 Å². The third-order valence-electron chi connectivity index (χ3n) is 4.80. The summed E-state index contributed by atoms with van der Waals surface area (Å²) < 4.78 is 0.594. The molecule has 2 nitrogen and oxygen atoms in total. The predicted molar refractivity (Wildman–Crippen MR) is 124 cm³/mol. The molecule has 0 amide bonds. The molecule has 0 fully saturated rings. The molecule has 0 heterocycles. The minimum absolute atomic E-state index is 0.594. The second-order valence-corrected chi connectivity index (χ2v) is 9.59. The number of benzene rings is 2. The number of rotatable bonds is 2. The fraction of sp³-hybridized carbons (Fsp3) is 0.259. The van der Waals surface area contributed by atoms with Gasteiger partial charge < -0.3 is 10.2 Å². The summed E-state index contributed by atoms with van der Waals surface area (Å²) >= 11 is 1.58. The molecule has 0 aliphatic heterocycles. The van der Waals surface area contributed by atoms with Crippen LogP contribution in [0.3, 0.4) is 0 Å². The molecule has 0 aromatic heterocycles. The molecule has 30 heavy (non-hydrogen) atoms. The van der Waals surface area contributed by atoms with E-state index in [2.05, 4.69) is 73.9 Å². The van der Waals surface area contributed by atoms with Gasteiger partial charge in [-0.2, -0.15) is 0 Å². The average molecular weight is 479 g/mol. The summed E-state index contributed by atoms with van der Waals surface area (Å²) in [5, 5.41) is 16.2. The standard InChI is InChI=1S/C18H13.C6H10.C3H8O2.Zr/c1-2-7-13(6-1)15-10-5-11-17-16-9-4-3-8-14(16)12-18(15)17;1-5(2)6(3)4;1-3(2,4)5;/h1-6,8-12H,7H2;1,3H2,2,4H3;4-5H,1-2H3;. The van der Waals surface area contributed by atoms with E-state index in [-0.39, 0.29) is 0 Å². The first-order valence-electron chi connectivity index (χ1n) is 10.1. The van der Waals surface area contributed by atoms with Crippen molar-refractivity contribution in [3.05, 3.63) is 102 Å². The van der Waals surface area contributed by atoms with Crippen molar-refractivity contribution >= 4 is 5.57 Å². The maximum absolute atomic E-state index is 8.08. The van der Waals surface area contributed by atoms with Gasteiger partial charge in [0.25, 0.3) is 0 Å². The van der Waals surface area contributed by atoms with Gasteiger partial charge in [0.2, 0.25) is 0 Å². The van der Waals surface area contributed by atoms with Gasteiger partial charge in [-0.15, -0.1) is 0 Å². The molecule has 2 aromatic carbocycles. The first-order valence-corrected chi connectivity index (χ1v) is 11.5. The van der Waals surface area contributed by atoms with Gasteiger partial charge in [0.1, 0.15) is 0 Å². The molecule has 2 aliphatic rings. The van der Waals surface area contributed by atoms with Crippen LogP contribution in [0, 0.1) is 0 Å². The second kappa shape index (κ2) is 10.5. The summed E-state index contributed by atoms with van der Waals surface area (Å²) in [5.41, 5.74) is 11.0. The van der Waals surface area contributed by atoms with Crippen LogP contribution in [0.15, 0.2) is 85.0 Å². The average Bonchev–Trinajstić information content (AvgIpc) is 3.29. The van der Waals surface area contributed by atoms with Gasteiger partial charge in [-0.25, -0.2) is 0 Å². The molecule has 0 saturated carbocycles. The van der Waals surface area contributed by atoms with Crippen LogP contribution >= 0.6 is 0 Å². The van der Waals surface area contributed by atoms with E-state index < -0.39 is 5.79 Å². The molecule has 0 radical (unpaired) electrons. The van der Waals surface area contributed by atoms with Crippen LogP contribution in [0.1, 0.15) is 54.4 Å². The van der Waals surface area contributed by atoms with Crippen molar-refractivity contribution in [3.8, 4) is 11.1 Å². The summed E-state index contributed by atoms with van der Waals surface area (Å²) in [6, 6.07) is 15.7. The van der Waals surface area contributed by atoms with Gasteiger partial charge in [0.15, 0.2) is 5.79 Å². The summed E-state index contributed by atoms with van der Waals surface area (Å²) in [6.45, 7) is 13.8. The summed E-state index contributed by atoms with van der Waals surface area (Å²) in [6.07, 6.45) is 7.76. The van der Waals surface area contributed by atoms with Crippen molar-refractivity contribution in [1.82, 2.24) is 0 Å². The van der Waals surface area contributed by atoms with E-state index in [4.69, 9.17) is 10.2 Å². The van der Waals surface area contributed by atoms with Gasteiger partial charge in [-0.1, -0.05) is 24.3 Å². The Morgan fingerprint density at radius 1 is 0.933 bits per heavy atom. The van der Waals surface area contributed by atoms with Crippen LogP contribution in [0.4, 0.5) is 0 Å². The third kappa shape index (κ3) is 6.60. The van der Waals surface area contributed by atoms with Crippen LogP contribution in [0.25, 0.3) is 16.7 Å². The Morgan fingerprint density at radius 2 is 1.47 bits per heavy atom. The zero-order chi connectivity index (χ0) is 22.5. The molecule has 1 atom stereocenters.